The number of halogens is 1. The molecule has 4 heteroatoms. The lowest BCUT2D eigenvalue weighted by molar-refractivity contribution is -0.271. The monoisotopic (exact) mass is 185 g/mol. The Morgan fingerprint density at radius 1 is 1.58 bits per heavy atom. The average Bonchev–Trinajstić information content (AvgIpc) is 1.94. The van der Waals surface area contributed by atoms with Gasteiger partial charge >= 0.3 is 0 Å². The van der Waals surface area contributed by atoms with E-state index in [1.807, 2.05) is 0 Å². The Hall–Kier alpha value is -1.22. The quantitative estimate of drug-likeness (QED) is 0.491. The highest BCUT2D eigenvalue weighted by Crippen LogP contribution is 2.21. The van der Waals surface area contributed by atoms with Crippen LogP contribution in [0, 0.1) is 6.92 Å². The molecule has 0 N–H and O–H groups in total. The zero-order chi connectivity index (χ0) is 9.14. The fourth-order valence-corrected chi connectivity index (χ4v) is 1.04. The van der Waals surface area contributed by atoms with Crippen LogP contribution in [0.25, 0.3) is 0 Å². The minimum Gasteiger partial charge on any atom is -0.514 e. The topological polar surface area (TPSA) is 49.4 Å². The summed E-state index contributed by atoms with van der Waals surface area (Å²) in [7, 11) is 0. The summed E-state index contributed by atoms with van der Waals surface area (Å²) in [4.78, 5) is 10.0. The highest BCUT2D eigenvalue weighted by molar-refractivity contribution is 6.30. The van der Waals surface area contributed by atoms with Crippen LogP contribution in [0.5, 0.6) is 5.75 Å². The molecule has 0 aromatic heterocycles. The van der Waals surface area contributed by atoms with Crippen molar-refractivity contribution in [3.05, 3.63) is 28.8 Å². The molecular formula is C8H6ClO3-. The first-order chi connectivity index (χ1) is 5.59. The Balaban J connectivity index is 2.93. The Morgan fingerprint density at radius 3 is 2.75 bits per heavy atom. The zero-order valence-corrected chi connectivity index (χ0v) is 7.09. The molecule has 0 aliphatic carbocycles. The summed E-state index contributed by atoms with van der Waals surface area (Å²) in [6.45, 7) is 1.70. The molecule has 0 radical (unpaired) electrons. The van der Waals surface area contributed by atoms with E-state index in [1.54, 1.807) is 19.1 Å². The molecule has 3 nitrogen and oxygen atoms in total. The second-order valence-corrected chi connectivity index (χ2v) is 2.70. The van der Waals surface area contributed by atoms with Gasteiger partial charge in [0.25, 0.3) is 6.16 Å². The maximum absolute atomic E-state index is 10.0. The molecule has 0 fully saturated rings. The van der Waals surface area contributed by atoms with Crippen LogP contribution in [0.2, 0.25) is 5.02 Å². The number of carbonyl (C=O) groups is 1. The minimum absolute atomic E-state index is 0.249. The second-order valence-electron chi connectivity index (χ2n) is 2.26. The maximum atomic E-state index is 10.0. The van der Waals surface area contributed by atoms with Crippen LogP contribution in [0.15, 0.2) is 18.2 Å². The highest BCUT2D eigenvalue weighted by atomic mass is 35.5. The summed E-state index contributed by atoms with van der Waals surface area (Å²) in [5.74, 6) is 0.249. The molecule has 1 rings (SSSR count). The molecule has 0 heterocycles. The van der Waals surface area contributed by atoms with Gasteiger partial charge in [-0.3, -0.25) is 0 Å². The number of hydrogen-bond donors (Lipinski definition) is 0. The third-order valence-electron chi connectivity index (χ3n) is 1.33. The summed E-state index contributed by atoms with van der Waals surface area (Å²) >= 11 is 5.63. The third-order valence-corrected chi connectivity index (χ3v) is 1.57. The first kappa shape index (κ1) is 8.87. The van der Waals surface area contributed by atoms with E-state index in [4.69, 9.17) is 11.6 Å². The van der Waals surface area contributed by atoms with Crippen molar-refractivity contribution in [3.63, 3.8) is 0 Å². The van der Waals surface area contributed by atoms with Crippen LogP contribution in [-0.4, -0.2) is 6.16 Å². The van der Waals surface area contributed by atoms with Gasteiger partial charge < -0.3 is 14.6 Å². The Kier molecular flexibility index (Phi) is 2.55. The summed E-state index contributed by atoms with van der Waals surface area (Å²) in [6, 6.07) is 4.64. The number of hydrogen-bond acceptors (Lipinski definition) is 3. The number of rotatable bonds is 1. The summed E-state index contributed by atoms with van der Waals surface area (Å²) in [5.41, 5.74) is 0.659. The van der Waals surface area contributed by atoms with E-state index in [-0.39, 0.29) is 5.75 Å². The molecule has 0 aliphatic heterocycles. The molecular weight excluding hydrogens is 180 g/mol. The van der Waals surface area contributed by atoms with E-state index in [0.717, 1.165) is 0 Å². The van der Waals surface area contributed by atoms with E-state index >= 15 is 0 Å². The van der Waals surface area contributed by atoms with E-state index in [9.17, 15) is 9.90 Å². The highest BCUT2D eigenvalue weighted by Gasteiger charge is 1.96. The van der Waals surface area contributed by atoms with Gasteiger partial charge in [0.2, 0.25) is 0 Å². The Bertz CT molecular complexity index is 309. The van der Waals surface area contributed by atoms with Crippen molar-refractivity contribution >= 4 is 17.8 Å². The van der Waals surface area contributed by atoms with Crippen LogP contribution in [-0.2, 0) is 0 Å². The van der Waals surface area contributed by atoms with Gasteiger partial charge in [-0.2, -0.15) is 0 Å². The lowest BCUT2D eigenvalue weighted by atomic mass is 10.2. The first-order valence-electron chi connectivity index (χ1n) is 3.24. The SMILES string of the molecule is Cc1cc(Cl)ccc1OC(=O)[O-]. The smallest absolute Gasteiger partial charge is 0.257 e. The summed E-state index contributed by atoms with van der Waals surface area (Å²) in [6.07, 6.45) is -1.57. The molecule has 0 amide bonds. The number of aryl methyl sites for hydroxylation is 1. The summed E-state index contributed by atoms with van der Waals surface area (Å²) in [5, 5.41) is 10.6. The molecule has 1 aromatic rings. The molecule has 12 heavy (non-hydrogen) atoms. The molecule has 0 unspecified atom stereocenters. The van der Waals surface area contributed by atoms with E-state index in [1.165, 1.54) is 6.07 Å². The molecule has 0 bridgehead atoms. The number of ether oxygens (including phenoxy) is 1. The Morgan fingerprint density at radius 2 is 2.25 bits per heavy atom. The second kappa shape index (κ2) is 3.45. The van der Waals surface area contributed by atoms with Crippen LogP contribution in [0.4, 0.5) is 4.79 Å². The lowest BCUT2D eigenvalue weighted by Crippen LogP contribution is -2.26. The van der Waals surface area contributed by atoms with Gasteiger partial charge in [0.05, 0.1) is 5.75 Å². The molecule has 1 aromatic carbocycles. The van der Waals surface area contributed by atoms with Gasteiger partial charge in [-0.05, 0) is 30.7 Å². The van der Waals surface area contributed by atoms with Crippen molar-refractivity contribution in [1.29, 1.82) is 0 Å². The van der Waals surface area contributed by atoms with Crippen LogP contribution in [0.3, 0.4) is 0 Å². The average molecular weight is 186 g/mol. The van der Waals surface area contributed by atoms with Crippen LogP contribution >= 0.6 is 11.6 Å². The van der Waals surface area contributed by atoms with Crippen molar-refractivity contribution in [2.24, 2.45) is 0 Å². The molecule has 64 valence electrons. The largest absolute Gasteiger partial charge is 0.514 e. The molecule has 0 saturated heterocycles. The number of benzene rings is 1. The predicted octanol–water partition coefficient (Wildman–Crippen LogP) is 1.37. The van der Waals surface area contributed by atoms with Crippen molar-refractivity contribution in [1.82, 2.24) is 0 Å². The maximum Gasteiger partial charge on any atom is 0.257 e. The van der Waals surface area contributed by atoms with Crippen molar-refractivity contribution < 1.29 is 14.6 Å². The van der Waals surface area contributed by atoms with E-state index < -0.39 is 6.16 Å². The first-order valence-corrected chi connectivity index (χ1v) is 3.62. The van der Waals surface area contributed by atoms with Gasteiger partial charge in [0, 0.05) is 5.02 Å². The standard InChI is InChI=1S/C8H7ClO3/c1-5-4-6(9)2-3-7(5)12-8(10)11/h2-4H,1H3,(H,10,11)/p-1. The van der Waals surface area contributed by atoms with Crippen LogP contribution < -0.4 is 9.84 Å². The van der Waals surface area contributed by atoms with Crippen molar-refractivity contribution in [2.75, 3.05) is 0 Å². The van der Waals surface area contributed by atoms with Gasteiger partial charge in [0.15, 0.2) is 0 Å². The fraction of sp³-hybridized carbons (Fsp3) is 0.125. The predicted molar refractivity (Wildman–Crippen MR) is 42.2 cm³/mol. The lowest BCUT2D eigenvalue weighted by Gasteiger charge is -2.10. The number of carboxylic acid groups (broad SMARTS) is 1. The van der Waals surface area contributed by atoms with Gasteiger partial charge in [0.1, 0.15) is 0 Å². The zero-order valence-electron chi connectivity index (χ0n) is 6.33. The van der Waals surface area contributed by atoms with E-state index in [0.29, 0.717) is 10.6 Å². The molecule has 0 aliphatic rings. The van der Waals surface area contributed by atoms with Crippen molar-refractivity contribution in [3.8, 4) is 5.75 Å². The third kappa shape index (κ3) is 2.13. The van der Waals surface area contributed by atoms with Crippen LogP contribution in [0.1, 0.15) is 5.56 Å². The van der Waals surface area contributed by atoms with E-state index in [2.05, 4.69) is 4.74 Å². The fourth-order valence-electron chi connectivity index (χ4n) is 0.817. The Labute approximate surface area is 74.5 Å². The normalized spacial score (nSPS) is 9.50. The summed E-state index contributed by atoms with van der Waals surface area (Å²) < 4.78 is 4.35. The van der Waals surface area contributed by atoms with Crippen molar-refractivity contribution in [2.45, 2.75) is 6.92 Å². The minimum atomic E-state index is -1.57. The molecule has 0 atom stereocenters. The van der Waals surface area contributed by atoms with Gasteiger partial charge in [-0.15, -0.1) is 0 Å². The molecule has 0 spiro atoms. The van der Waals surface area contributed by atoms with Gasteiger partial charge in [-0.1, -0.05) is 11.6 Å². The van der Waals surface area contributed by atoms with Gasteiger partial charge in [-0.25, -0.2) is 0 Å². The number of carbonyl (C=O) groups excluding carboxylic acids is 1. The molecule has 0 saturated carbocycles.